The van der Waals surface area contributed by atoms with Crippen molar-refractivity contribution in [3.63, 3.8) is 0 Å². The van der Waals surface area contributed by atoms with Crippen LogP contribution < -0.4 is 0 Å². The third-order valence-corrected chi connectivity index (χ3v) is 3.82. The highest BCUT2D eigenvalue weighted by molar-refractivity contribution is 14.1. The summed E-state index contributed by atoms with van der Waals surface area (Å²) in [6, 6.07) is 10.2. The topological polar surface area (TPSA) is 23.8 Å². The van der Waals surface area contributed by atoms with E-state index in [-0.39, 0.29) is 0 Å². The summed E-state index contributed by atoms with van der Waals surface area (Å²) < 4.78 is 2.27. The molecule has 0 fully saturated rings. The van der Waals surface area contributed by atoms with Crippen molar-refractivity contribution in [1.82, 2.24) is 0 Å². The van der Waals surface area contributed by atoms with Gasteiger partial charge >= 0.3 is 0 Å². The molecule has 12 heavy (non-hydrogen) atoms. The van der Waals surface area contributed by atoms with Gasteiger partial charge in [-0.05, 0) is 28.7 Å². The summed E-state index contributed by atoms with van der Waals surface area (Å²) in [6.45, 7) is 0. The molecule has 0 aliphatic heterocycles. The van der Waals surface area contributed by atoms with E-state index in [0.717, 1.165) is 13.8 Å². The van der Waals surface area contributed by atoms with Crippen LogP contribution in [0, 0.1) is 14.2 Å². The summed E-state index contributed by atoms with van der Waals surface area (Å²) in [5.41, 5.74) is 0.816. The molecule has 2 rings (SSSR count). The van der Waals surface area contributed by atoms with E-state index in [4.69, 9.17) is 5.26 Å². The Morgan fingerprint density at radius 1 is 1.33 bits per heavy atom. The van der Waals surface area contributed by atoms with Crippen molar-refractivity contribution in [2.24, 2.45) is 0 Å². The maximum Gasteiger partial charge on any atom is 0.102 e. The van der Waals surface area contributed by atoms with E-state index in [1.165, 1.54) is 4.70 Å². The highest BCUT2D eigenvalue weighted by atomic mass is 127. The van der Waals surface area contributed by atoms with Gasteiger partial charge in [-0.2, -0.15) is 5.26 Å². The average Bonchev–Trinajstić information content (AvgIpc) is 2.40. The molecule has 1 aromatic heterocycles. The number of benzene rings is 1. The van der Waals surface area contributed by atoms with Gasteiger partial charge in [-0.1, -0.05) is 18.2 Å². The van der Waals surface area contributed by atoms with E-state index in [2.05, 4.69) is 28.7 Å². The molecule has 0 unspecified atom stereocenters. The Bertz CT molecular complexity index is 467. The van der Waals surface area contributed by atoms with Gasteiger partial charge in [0.05, 0.1) is 8.45 Å². The smallest absolute Gasteiger partial charge is 0.102 e. The number of nitrogens with zero attached hydrogens (tertiary/aromatic N) is 1. The molecule has 0 aliphatic carbocycles. The molecule has 2 aromatic rings. The van der Waals surface area contributed by atoms with Crippen LogP contribution in [-0.2, 0) is 0 Å². The van der Waals surface area contributed by atoms with Gasteiger partial charge in [0.1, 0.15) is 6.07 Å². The fraction of sp³-hybridized carbons (Fsp3) is 0. The number of rotatable bonds is 0. The highest BCUT2D eigenvalue weighted by Crippen LogP contribution is 2.31. The van der Waals surface area contributed by atoms with Crippen LogP contribution >= 0.6 is 33.9 Å². The monoisotopic (exact) mass is 285 g/mol. The number of hydrogen-bond acceptors (Lipinski definition) is 2. The van der Waals surface area contributed by atoms with Crippen molar-refractivity contribution in [3.8, 4) is 6.07 Å². The number of hydrogen-bond donors (Lipinski definition) is 0. The van der Waals surface area contributed by atoms with Crippen molar-refractivity contribution in [2.45, 2.75) is 0 Å². The number of nitriles is 1. The van der Waals surface area contributed by atoms with Crippen LogP contribution in [0.15, 0.2) is 24.3 Å². The van der Waals surface area contributed by atoms with Crippen molar-refractivity contribution in [3.05, 3.63) is 32.7 Å². The zero-order chi connectivity index (χ0) is 8.55. The zero-order valence-electron chi connectivity index (χ0n) is 6.04. The molecule has 0 amide bonds. The van der Waals surface area contributed by atoms with Gasteiger partial charge in [-0.15, -0.1) is 11.3 Å². The minimum absolute atomic E-state index is 0.816. The van der Waals surface area contributed by atoms with E-state index >= 15 is 0 Å². The standard InChI is InChI=1S/C9H4INS/c10-9-7(5-11)6-3-1-2-4-8(6)12-9/h1-4H. The molecule has 0 atom stereocenters. The van der Waals surface area contributed by atoms with Crippen LogP contribution in [0.3, 0.4) is 0 Å². The van der Waals surface area contributed by atoms with Crippen molar-refractivity contribution < 1.29 is 0 Å². The number of thiophene rings is 1. The first-order valence-electron chi connectivity index (χ1n) is 3.40. The Balaban J connectivity index is 2.93. The van der Waals surface area contributed by atoms with E-state index in [1.807, 2.05) is 24.3 Å². The molecular weight excluding hydrogens is 281 g/mol. The predicted molar refractivity (Wildman–Crippen MR) is 59.3 cm³/mol. The summed E-state index contributed by atoms with van der Waals surface area (Å²) >= 11 is 3.88. The summed E-state index contributed by atoms with van der Waals surface area (Å²) in [5, 5.41) is 9.94. The Labute approximate surface area is 87.8 Å². The highest BCUT2D eigenvalue weighted by Gasteiger charge is 2.07. The fourth-order valence-corrected chi connectivity index (χ4v) is 3.12. The van der Waals surface area contributed by atoms with Gasteiger partial charge < -0.3 is 0 Å². The maximum atomic E-state index is 8.86. The van der Waals surface area contributed by atoms with Gasteiger partial charge in [0.2, 0.25) is 0 Å². The minimum Gasteiger partial charge on any atom is -0.192 e. The van der Waals surface area contributed by atoms with Crippen molar-refractivity contribution >= 4 is 44.0 Å². The zero-order valence-corrected chi connectivity index (χ0v) is 9.02. The predicted octanol–water partition coefficient (Wildman–Crippen LogP) is 3.38. The lowest BCUT2D eigenvalue weighted by atomic mass is 10.2. The summed E-state index contributed by atoms with van der Waals surface area (Å²) in [4.78, 5) is 0. The van der Waals surface area contributed by atoms with Gasteiger partial charge in [-0.25, -0.2) is 0 Å². The second-order valence-electron chi connectivity index (χ2n) is 2.36. The molecule has 1 aromatic carbocycles. The molecule has 0 N–H and O–H groups in total. The average molecular weight is 285 g/mol. The first kappa shape index (κ1) is 8.02. The quantitative estimate of drug-likeness (QED) is 0.681. The van der Waals surface area contributed by atoms with E-state index < -0.39 is 0 Å². The van der Waals surface area contributed by atoms with E-state index in [1.54, 1.807) is 11.3 Å². The van der Waals surface area contributed by atoms with Crippen molar-refractivity contribution in [2.75, 3.05) is 0 Å². The normalized spacial score (nSPS) is 10.0. The Kier molecular flexibility index (Phi) is 2.03. The second-order valence-corrected chi connectivity index (χ2v) is 5.22. The Morgan fingerprint density at radius 3 is 2.83 bits per heavy atom. The lowest BCUT2D eigenvalue weighted by molar-refractivity contribution is 1.51. The molecule has 0 saturated carbocycles. The van der Waals surface area contributed by atoms with Crippen LogP contribution in [-0.4, -0.2) is 0 Å². The summed E-state index contributed by atoms with van der Waals surface area (Å²) in [6.07, 6.45) is 0. The molecular formula is C9H4INS. The lowest BCUT2D eigenvalue weighted by Gasteiger charge is -1.85. The maximum absolute atomic E-state index is 8.86. The van der Waals surface area contributed by atoms with Crippen LogP contribution in [0.4, 0.5) is 0 Å². The van der Waals surface area contributed by atoms with E-state index in [9.17, 15) is 0 Å². The Hall–Kier alpha value is -0.600. The first-order valence-corrected chi connectivity index (χ1v) is 5.29. The van der Waals surface area contributed by atoms with Gasteiger partial charge in [0.15, 0.2) is 0 Å². The first-order chi connectivity index (χ1) is 5.83. The van der Waals surface area contributed by atoms with Crippen LogP contribution in [0.1, 0.15) is 5.56 Å². The second kappa shape index (κ2) is 3.04. The molecule has 0 saturated heterocycles. The number of halogens is 1. The SMILES string of the molecule is N#Cc1c(I)sc2ccccc12. The summed E-state index contributed by atoms with van der Waals surface area (Å²) in [7, 11) is 0. The fourth-order valence-electron chi connectivity index (χ4n) is 1.12. The molecule has 0 radical (unpaired) electrons. The molecule has 0 spiro atoms. The van der Waals surface area contributed by atoms with E-state index in [0.29, 0.717) is 0 Å². The van der Waals surface area contributed by atoms with Crippen LogP contribution in [0.25, 0.3) is 10.1 Å². The number of fused-ring (bicyclic) bond motifs is 1. The van der Waals surface area contributed by atoms with Gasteiger partial charge in [0, 0.05) is 10.1 Å². The Morgan fingerprint density at radius 2 is 2.08 bits per heavy atom. The molecule has 1 nitrogen and oxygen atoms in total. The molecule has 58 valence electrons. The molecule has 0 aliphatic rings. The third-order valence-electron chi connectivity index (χ3n) is 1.66. The molecule has 0 bridgehead atoms. The third kappa shape index (κ3) is 1.11. The largest absolute Gasteiger partial charge is 0.192 e. The van der Waals surface area contributed by atoms with Gasteiger partial charge in [0.25, 0.3) is 0 Å². The molecule has 1 heterocycles. The van der Waals surface area contributed by atoms with Crippen LogP contribution in [0.5, 0.6) is 0 Å². The van der Waals surface area contributed by atoms with Gasteiger partial charge in [-0.3, -0.25) is 0 Å². The van der Waals surface area contributed by atoms with Crippen LogP contribution in [0.2, 0.25) is 0 Å². The lowest BCUT2D eigenvalue weighted by Crippen LogP contribution is -1.70. The molecule has 3 heteroatoms. The summed E-state index contributed by atoms with van der Waals surface area (Å²) in [5.74, 6) is 0. The minimum atomic E-state index is 0.816. The van der Waals surface area contributed by atoms with Crippen molar-refractivity contribution in [1.29, 1.82) is 5.26 Å².